The number of benzene rings is 2. The summed E-state index contributed by atoms with van der Waals surface area (Å²) >= 11 is 0. The average Bonchev–Trinajstić information content (AvgIpc) is 2.69. The number of para-hydroxylation sites is 1. The summed E-state index contributed by atoms with van der Waals surface area (Å²) in [7, 11) is 2.10. The van der Waals surface area contributed by atoms with Crippen LogP contribution in [-0.2, 0) is 5.41 Å². The van der Waals surface area contributed by atoms with Crippen molar-refractivity contribution in [1.82, 2.24) is 0 Å². The highest BCUT2D eigenvalue weighted by atomic mass is 15.2. The maximum absolute atomic E-state index is 5.78. The van der Waals surface area contributed by atoms with E-state index in [1.807, 2.05) is 30.5 Å². The Labute approximate surface area is 131 Å². The van der Waals surface area contributed by atoms with Crippen LogP contribution in [0.5, 0.6) is 0 Å². The van der Waals surface area contributed by atoms with E-state index in [-0.39, 0.29) is 5.41 Å². The second-order valence-electron chi connectivity index (χ2n) is 6.13. The highest BCUT2D eigenvalue weighted by Gasteiger charge is 2.37. The number of nitrogens with two attached hydrogens (primary N) is 1. The molecule has 112 valence electrons. The molecule has 0 fully saturated rings. The number of likely N-dealkylation sites (N-methyl/N-ethyl adjacent to an activating group) is 1. The van der Waals surface area contributed by atoms with Crippen LogP contribution in [0.2, 0.25) is 0 Å². The normalized spacial score (nSPS) is 18.1. The van der Waals surface area contributed by atoms with E-state index in [2.05, 4.69) is 61.1 Å². The summed E-state index contributed by atoms with van der Waals surface area (Å²) in [5.74, 6) is 0. The van der Waals surface area contributed by atoms with Crippen molar-refractivity contribution >= 4 is 23.3 Å². The molecule has 2 N–H and O–H groups in total. The van der Waals surface area contributed by atoms with Gasteiger partial charge in [-0.2, -0.15) is 0 Å². The molecule has 0 bridgehead atoms. The molecule has 0 radical (unpaired) electrons. The van der Waals surface area contributed by atoms with Gasteiger partial charge in [0, 0.05) is 35.7 Å². The zero-order chi connectivity index (χ0) is 15.7. The Bertz CT molecular complexity index is 757. The van der Waals surface area contributed by atoms with Crippen LogP contribution in [0, 0.1) is 0 Å². The van der Waals surface area contributed by atoms with Gasteiger partial charge >= 0.3 is 0 Å². The monoisotopic (exact) mass is 291 g/mol. The smallest absolute Gasteiger partial charge is 0.0650 e. The van der Waals surface area contributed by atoms with Gasteiger partial charge in [0.25, 0.3) is 0 Å². The molecule has 0 aromatic heterocycles. The molecule has 0 unspecified atom stereocenters. The van der Waals surface area contributed by atoms with Crippen molar-refractivity contribution in [3.63, 3.8) is 0 Å². The quantitative estimate of drug-likeness (QED) is 0.662. The van der Waals surface area contributed by atoms with Gasteiger partial charge in [0.1, 0.15) is 0 Å². The maximum Gasteiger partial charge on any atom is 0.0650 e. The minimum atomic E-state index is -0.0208. The second kappa shape index (κ2) is 5.34. The Morgan fingerprint density at radius 2 is 1.86 bits per heavy atom. The fourth-order valence-corrected chi connectivity index (χ4v) is 3.10. The van der Waals surface area contributed by atoms with Crippen LogP contribution in [-0.4, -0.2) is 13.3 Å². The van der Waals surface area contributed by atoms with Crippen LogP contribution in [0.1, 0.15) is 19.4 Å². The number of aliphatic imine (C=N–C) groups is 1. The van der Waals surface area contributed by atoms with Gasteiger partial charge < -0.3 is 10.6 Å². The van der Waals surface area contributed by atoms with Crippen molar-refractivity contribution in [2.24, 2.45) is 4.99 Å². The van der Waals surface area contributed by atoms with Crippen molar-refractivity contribution in [1.29, 1.82) is 0 Å². The van der Waals surface area contributed by atoms with Gasteiger partial charge in [-0.3, -0.25) is 4.99 Å². The maximum atomic E-state index is 5.78. The third-order valence-electron chi connectivity index (χ3n) is 4.27. The predicted molar refractivity (Wildman–Crippen MR) is 95.0 cm³/mol. The predicted octanol–water partition coefficient (Wildman–Crippen LogP) is 4.28. The van der Waals surface area contributed by atoms with E-state index in [4.69, 9.17) is 5.73 Å². The molecule has 22 heavy (non-hydrogen) atoms. The van der Waals surface area contributed by atoms with E-state index in [0.29, 0.717) is 0 Å². The number of fused-ring (bicyclic) bond motifs is 1. The van der Waals surface area contributed by atoms with E-state index in [0.717, 1.165) is 11.4 Å². The lowest BCUT2D eigenvalue weighted by Gasteiger charge is -2.23. The SMILES string of the molecule is CN1/C(=C\C=Nc2cccc(N)c2)C(C)(C)c2ccccc21. The number of hydrogen-bond acceptors (Lipinski definition) is 3. The highest BCUT2D eigenvalue weighted by molar-refractivity contribution is 5.81. The Morgan fingerprint density at radius 3 is 2.59 bits per heavy atom. The molecular formula is C19H21N3. The number of anilines is 2. The Morgan fingerprint density at radius 1 is 1.09 bits per heavy atom. The lowest BCUT2D eigenvalue weighted by Crippen LogP contribution is -2.22. The number of hydrogen-bond donors (Lipinski definition) is 1. The largest absolute Gasteiger partial charge is 0.399 e. The van der Waals surface area contributed by atoms with Gasteiger partial charge in [-0.1, -0.05) is 38.1 Å². The second-order valence-corrected chi connectivity index (χ2v) is 6.13. The van der Waals surface area contributed by atoms with Gasteiger partial charge in [0.05, 0.1) is 5.69 Å². The van der Waals surface area contributed by atoms with Gasteiger partial charge in [0.2, 0.25) is 0 Å². The number of nitrogen functional groups attached to an aromatic ring is 1. The van der Waals surface area contributed by atoms with Gasteiger partial charge in [-0.05, 0) is 35.9 Å². The van der Waals surface area contributed by atoms with E-state index < -0.39 is 0 Å². The van der Waals surface area contributed by atoms with E-state index >= 15 is 0 Å². The van der Waals surface area contributed by atoms with Gasteiger partial charge in [0.15, 0.2) is 0 Å². The molecule has 0 saturated carbocycles. The first-order valence-electron chi connectivity index (χ1n) is 7.44. The van der Waals surface area contributed by atoms with Crippen LogP contribution in [0.15, 0.2) is 65.3 Å². The van der Waals surface area contributed by atoms with E-state index in [9.17, 15) is 0 Å². The first kappa shape index (κ1) is 14.4. The molecule has 2 aromatic carbocycles. The molecule has 0 saturated heterocycles. The summed E-state index contributed by atoms with van der Waals surface area (Å²) in [5, 5.41) is 0. The lowest BCUT2D eigenvalue weighted by molar-refractivity contribution is 0.641. The van der Waals surface area contributed by atoms with E-state index in [1.54, 1.807) is 0 Å². The summed E-state index contributed by atoms with van der Waals surface area (Å²) in [5.41, 5.74) is 11.2. The van der Waals surface area contributed by atoms with Crippen LogP contribution < -0.4 is 10.6 Å². The lowest BCUT2D eigenvalue weighted by atomic mass is 9.84. The zero-order valence-electron chi connectivity index (χ0n) is 13.2. The summed E-state index contributed by atoms with van der Waals surface area (Å²) in [6.45, 7) is 4.49. The van der Waals surface area contributed by atoms with Gasteiger partial charge in [-0.15, -0.1) is 0 Å². The standard InChI is InChI=1S/C19H21N3/c1-19(2)16-9-4-5-10-17(16)22(3)18(19)11-12-21-15-8-6-7-14(20)13-15/h4-13H,20H2,1-3H3/b18-11-,21-12?. The molecule has 1 aliphatic rings. The number of rotatable bonds is 2. The highest BCUT2D eigenvalue weighted by Crippen LogP contribution is 2.46. The molecule has 0 amide bonds. The minimum absolute atomic E-state index is 0.0208. The summed E-state index contributed by atoms with van der Waals surface area (Å²) < 4.78 is 0. The molecule has 3 rings (SSSR count). The fraction of sp³-hybridized carbons (Fsp3) is 0.211. The third-order valence-corrected chi connectivity index (χ3v) is 4.27. The van der Waals surface area contributed by atoms with Crippen LogP contribution in [0.3, 0.4) is 0 Å². The summed E-state index contributed by atoms with van der Waals surface area (Å²) in [4.78, 5) is 6.72. The van der Waals surface area contributed by atoms with Crippen molar-refractivity contribution in [3.8, 4) is 0 Å². The first-order valence-corrected chi connectivity index (χ1v) is 7.44. The fourth-order valence-electron chi connectivity index (χ4n) is 3.10. The van der Waals surface area contributed by atoms with Crippen molar-refractivity contribution in [3.05, 3.63) is 65.9 Å². The average molecular weight is 291 g/mol. The minimum Gasteiger partial charge on any atom is -0.399 e. The van der Waals surface area contributed by atoms with Crippen molar-refractivity contribution < 1.29 is 0 Å². The Balaban J connectivity index is 1.92. The van der Waals surface area contributed by atoms with Crippen LogP contribution >= 0.6 is 0 Å². The van der Waals surface area contributed by atoms with Crippen LogP contribution in [0.4, 0.5) is 17.1 Å². The molecule has 1 aliphatic heterocycles. The summed E-state index contributed by atoms with van der Waals surface area (Å²) in [6.07, 6.45) is 3.94. The molecule has 3 heteroatoms. The van der Waals surface area contributed by atoms with E-state index in [1.165, 1.54) is 16.9 Å². The van der Waals surface area contributed by atoms with Crippen molar-refractivity contribution in [2.75, 3.05) is 17.7 Å². The third kappa shape index (κ3) is 2.39. The molecule has 0 atom stereocenters. The number of nitrogens with zero attached hydrogens (tertiary/aromatic N) is 2. The first-order chi connectivity index (χ1) is 10.5. The molecule has 1 heterocycles. The van der Waals surface area contributed by atoms with Crippen molar-refractivity contribution in [2.45, 2.75) is 19.3 Å². The molecule has 0 spiro atoms. The molecule has 0 aliphatic carbocycles. The topological polar surface area (TPSA) is 41.6 Å². The summed E-state index contributed by atoms with van der Waals surface area (Å²) in [6, 6.07) is 16.1. The Kier molecular flexibility index (Phi) is 3.49. The van der Waals surface area contributed by atoms with Crippen LogP contribution in [0.25, 0.3) is 0 Å². The molecule has 2 aromatic rings. The molecular weight excluding hydrogens is 270 g/mol. The molecule has 3 nitrogen and oxygen atoms in total. The van der Waals surface area contributed by atoms with Gasteiger partial charge in [-0.25, -0.2) is 0 Å². The Hall–Kier alpha value is -2.55. The number of allylic oxidation sites excluding steroid dienone is 2. The zero-order valence-corrected chi connectivity index (χ0v) is 13.2.